The molecule has 1 aromatic carbocycles. The number of alkyl halides is 3. The minimum atomic E-state index is -4.99. The molecule has 2 saturated heterocycles. The van der Waals surface area contributed by atoms with Gasteiger partial charge in [0, 0.05) is 98.8 Å². The Bertz CT molecular complexity index is 2670. The smallest absolute Gasteiger partial charge is 0.417 e. The van der Waals surface area contributed by atoms with E-state index in [4.69, 9.17) is 29.4 Å². The summed E-state index contributed by atoms with van der Waals surface area (Å²) in [7, 11) is 0. The second-order valence-electron chi connectivity index (χ2n) is 21.9. The van der Waals surface area contributed by atoms with Gasteiger partial charge in [-0.05, 0) is 114 Å². The van der Waals surface area contributed by atoms with Gasteiger partial charge in [0.2, 0.25) is 29.4 Å². The van der Waals surface area contributed by atoms with Crippen molar-refractivity contribution in [2.45, 2.75) is 158 Å². The SMILES string of the molecule is C[C@H]1[C@@H](c2ccc(F)c(F)c2OCCOCCCNC(=O)C2CCC(NC(=O)CCCOC3CCC(OCCNC(=O)[C@H]4CC(=O)N(C5CC5)[C@@H]4c4cccnc4)CC3)CC2)[C@H](C(=O)Nc2ccnc(C(N)=O)c2)O[C@@]1(C)C(F)(F)F. The Balaban J connectivity index is 0.663. The molecule has 0 unspecified atom stereocenters. The molecule has 0 bridgehead atoms. The quantitative estimate of drug-likeness (QED) is 0.0426. The molecule has 5 aliphatic rings. The Morgan fingerprint density at radius 3 is 2.22 bits per heavy atom. The first-order valence-corrected chi connectivity index (χ1v) is 28.1. The molecule has 24 heteroatoms. The van der Waals surface area contributed by atoms with Crippen molar-refractivity contribution >= 4 is 41.1 Å². The number of anilines is 1. The minimum absolute atomic E-state index is 0.0157. The van der Waals surface area contributed by atoms with Crippen LogP contribution in [0.3, 0.4) is 0 Å². The van der Waals surface area contributed by atoms with E-state index in [2.05, 4.69) is 31.2 Å². The molecule has 5 fully saturated rings. The number of aromatic nitrogens is 2. The number of halogens is 5. The van der Waals surface area contributed by atoms with Gasteiger partial charge in [0.1, 0.15) is 18.4 Å². The fraction of sp³-hybridized carbons (Fsp3) is 0.614. The summed E-state index contributed by atoms with van der Waals surface area (Å²) in [5, 5.41) is 11.4. The van der Waals surface area contributed by atoms with E-state index in [9.17, 15) is 46.3 Å². The number of primary amides is 1. The number of pyridine rings is 2. The lowest BCUT2D eigenvalue weighted by Crippen LogP contribution is -2.47. The average Bonchev–Trinajstić information content (AvgIpc) is 4.30. The van der Waals surface area contributed by atoms with Gasteiger partial charge >= 0.3 is 6.18 Å². The van der Waals surface area contributed by atoms with Gasteiger partial charge in [0.15, 0.2) is 17.2 Å². The number of hydrogen-bond acceptors (Lipinski definition) is 13. The predicted octanol–water partition coefficient (Wildman–Crippen LogP) is 6.50. The van der Waals surface area contributed by atoms with Crippen LogP contribution in [0, 0.1) is 29.4 Å². The molecule has 0 radical (unpaired) electrons. The molecule has 2 aliphatic heterocycles. The van der Waals surface area contributed by atoms with Crippen molar-refractivity contribution in [2.75, 3.05) is 51.4 Å². The van der Waals surface area contributed by atoms with Crippen LogP contribution in [0.15, 0.2) is 55.0 Å². The molecule has 442 valence electrons. The summed E-state index contributed by atoms with van der Waals surface area (Å²) < 4.78 is 103. The Morgan fingerprint density at radius 2 is 1.54 bits per heavy atom. The number of ether oxygens (including phenoxy) is 5. The predicted molar refractivity (Wildman–Crippen MR) is 282 cm³/mol. The number of rotatable bonds is 26. The fourth-order valence-corrected chi connectivity index (χ4v) is 11.6. The third-order valence-electron chi connectivity index (χ3n) is 16.3. The minimum Gasteiger partial charge on any atom is -0.488 e. The third-order valence-corrected chi connectivity index (χ3v) is 16.3. The van der Waals surface area contributed by atoms with E-state index in [0.29, 0.717) is 71.2 Å². The largest absolute Gasteiger partial charge is 0.488 e. The number of amides is 6. The van der Waals surface area contributed by atoms with Gasteiger partial charge in [0.25, 0.3) is 11.8 Å². The first-order chi connectivity index (χ1) is 38.8. The van der Waals surface area contributed by atoms with E-state index in [-0.39, 0.29) is 103 Å². The molecular formula is C57H73F5N8O11. The Morgan fingerprint density at radius 1 is 0.827 bits per heavy atom. The summed E-state index contributed by atoms with van der Waals surface area (Å²) in [6.07, 6.45) is 7.20. The van der Waals surface area contributed by atoms with Crippen LogP contribution in [0.25, 0.3) is 0 Å². The molecule has 3 aliphatic carbocycles. The highest BCUT2D eigenvalue weighted by molar-refractivity contribution is 5.97. The normalized spacial score (nSPS) is 26.7. The van der Waals surface area contributed by atoms with Crippen molar-refractivity contribution in [1.29, 1.82) is 0 Å². The van der Waals surface area contributed by atoms with Crippen LogP contribution in [0.1, 0.15) is 137 Å². The second kappa shape index (κ2) is 27.6. The number of nitrogens with two attached hydrogens (primary N) is 1. The third kappa shape index (κ3) is 15.4. The van der Waals surface area contributed by atoms with Gasteiger partial charge in [-0.2, -0.15) is 17.6 Å². The standard InChI is InChI=1S/C57H73F5N8O11/c1-33-47(51(81-56(33,2)57(60,61)62)55(76)69-37-20-23-65-44(30-37)52(63)73)41-18-19-43(58)48(59)50(41)80-29-28-77-25-5-22-66-53(74)34-8-10-36(11-9-34)68-45(71)7-4-26-78-39-14-16-40(17-15-39)79-27-24-67-54(75)42-31-46(72)70(38-12-13-38)49(42)35-6-3-21-64-32-35/h3,6,18-21,23,30,32-34,36,38-40,42,47,49,51H,4-5,7-17,22,24-29,31H2,1-2H3,(H2,63,73)(H,66,74)(H,67,75)(H,68,71)(H,65,69,76)/t33-,34?,36?,39?,40?,42-,47-,49+,51+,56+/m0/s1. The van der Waals surface area contributed by atoms with Crippen molar-refractivity contribution in [2.24, 2.45) is 23.5 Å². The number of hydrogen-bond donors (Lipinski definition) is 5. The van der Waals surface area contributed by atoms with Crippen LogP contribution in [0.5, 0.6) is 5.75 Å². The highest BCUT2D eigenvalue weighted by Gasteiger charge is 2.66. The molecule has 81 heavy (non-hydrogen) atoms. The number of likely N-dealkylation sites (tertiary alicyclic amines) is 1. The maximum atomic E-state index is 15.4. The van der Waals surface area contributed by atoms with E-state index >= 15 is 4.39 Å². The average molecular weight is 1140 g/mol. The molecule has 3 saturated carbocycles. The van der Waals surface area contributed by atoms with Crippen molar-refractivity contribution < 1.29 is 74.4 Å². The van der Waals surface area contributed by atoms with E-state index in [1.807, 2.05) is 17.0 Å². The van der Waals surface area contributed by atoms with Gasteiger partial charge < -0.3 is 55.6 Å². The molecule has 6 atom stereocenters. The summed E-state index contributed by atoms with van der Waals surface area (Å²) in [6.45, 7) is 3.12. The van der Waals surface area contributed by atoms with Crippen molar-refractivity contribution in [3.63, 3.8) is 0 Å². The van der Waals surface area contributed by atoms with Gasteiger partial charge in [-0.25, -0.2) is 4.39 Å². The van der Waals surface area contributed by atoms with Crippen molar-refractivity contribution in [1.82, 2.24) is 30.8 Å². The summed E-state index contributed by atoms with van der Waals surface area (Å²) in [6, 6.07) is 7.80. The van der Waals surface area contributed by atoms with Gasteiger partial charge in [-0.1, -0.05) is 19.1 Å². The summed E-state index contributed by atoms with van der Waals surface area (Å²) >= 11 is 0. The number of carbonyl (C=O) groups excluding carboxylic acids is 6. The fourth-order valence-electron chi connectivity index (χ4n) is 11.6. The number of nitrogens with one attached hydrogen (secondary N) is 4. The molecular weight excluding hydrogens is 1070 g/mol. The maximum absolute atomic E-state index is 15.4. The zero-order valence-electron chi connectivity index (χ0n) is 45.6. The molecule has 8 rings (SSSR count). The highest BCUT2D eigenvalue weighted by Crippen LogP contribution is 2.55. The Hall–Kier alpha value is -6.37. The first-order valence-electron chi connectivity index (χ1n) is 28.1. The van der Waals surface area contributed by atoms with Crippen molar-refractivity contribution in [3.05, 3.63) is 83.4 Å². The maximum Gasteiger partial charge on any atom is 0.417 e. The monoisotopic (exact) mass is 1140 g/mol. The Kier molecular flexibility index (Phi) is 20.7. The van der Waals surface area contributed by atoms with Crippen molar-refractivity contribution in [3.8, 4) is 5.75 Å². The van der Waals surface area contributed by atoms with Crippen LogP contribution < -0.4 is 31.7 Å². The van der Waals surface area contributed by atoms with E-state index in [1.54, 1.807) is 12.4 Å². The number of nitrogens with zero attached hydrogens (tertiary/aromatic N) is 3. The molecule has 6 amide bonds. The van der Waals surface area contributed by atoms with Crippen LogP contribution in [-0.2, 0) is 42.9 Å². The summed E-state index contributed by atoms with van der Waals surface area (Å²) in [4.78, 5) is 87.1. The van der Waals surface area contributed by atoms with Crippen LogP contribution in [0.2, 0.25) is 0 Å². The molecule has 19 nitrogen and oxygen atoms in total. The van der Waals surface area contributed by atoms with Crippen LogP contribution in [0.4, 0.5) is 27.6 Å². The molecule has 4 heterocycles. The van der Waals surface area contributed by atoms with Gasteiger partial charge in [0.05, 0.1) is 37.4 Å². The number of carbonyl (C=O) groups is 6. The van der Waals surface area contributed by atoms with E-state index < -0.39 is 64.8 Å². The lowest BCUT2D eigenvalue weighted by molar-refractivity contribution is -0.272. The lowest BCUT2D eigenvalue weighted by Gasteiger charge is -2.32. The van der Waals surface area contributed by atoms with Gasteiger partial charge in [-0.15, -0.1) is 0 Å². The molecule has 2 aromatic heterocycles. The topological polar surface area (TPSA) is 252 Å². The second-order valence-corrected chi connectivity index (χ2v) is 21.9. The zero-order chi connectivity index (χ0) is 57.8. The van der Waals surface area contributed by atoms with Crippen LogP contribution >= 0.6 is 0 Å². The summed E-state index contributed by atoms with van der Waals surface area (Å²) in [5.74, 6) is -9.48. The molecule has 3 aromatic rings. The Labute approximate surface area is 467 Å². The molecule has 0 spiro atoms. The highest BCUT2D eigenvalue weighted by atomic mass is 19.4. The first kappa shape index (κ1) is 60.7. The van der Waals surface area contributed by atoms with Crippen LogP contribution in [-0.4, -0.2) is 139 Å². The summed E-state index contributed by atoms with van der Waals surface area (Å²) in [5.41, 5.74) is 2.77. The van der Waals surface area contributed by atoms with E-state index in [1.165, 1.54) is 13.0 Å². The lowest BCUT2D eigenvalue weighted by atomic mass is 9.77. The molecule has 6 N–H and O–H groups in total. The zero-order valence-corrected chi connectivity index (χ0v) is 45.6. The van der Waals surface area contributed by atoms with E-state index in [0.717, 1.165) is 75.4 Å². The number of benzene rings is 1. The van der Waals surface area contributed by atoms with Gasteiger partial charge in [-0.3, -0.25) is 38.7 Å².